The van der Waals surface area contributed by atoms with Crippen LogP contribution in [0.4, 0.5) is 0 Å². The number of para-hydroxylation sites is 2. The fourth-order valence-corrected chi connectivity index (χ4v) is 2.92. The minimum atomic E-state index is -1.04. The third kappa shape index (κ3) is 2.35. The van der Waals surface area contributed by atoms with Crippen LogP contribution in [0.2, 0.25) is 0 Å². The first-order chi connectivity index (χ1) is 10.2. The Labute approximate surface area is 124 Å². The normalized spacial score (nSPS) is 10.4. The molecule has 6 heteroatoms. The van der Waals surface area contributed by atoms with Crippen molar-refractivity contribution in [2.45, 2.75) is 0 Å². The predicted octanol–water partition coefficient (Wildman–Crippen LogP) is 2.80. The molecule has 0 aliphatic heterocycles. The lowest BCUT2D eigenvalue weighted by atomic mass is 10.3. The molecule has 0 saturated carbocycles. The number of carboxylic acids is 1. The maximum Gasteiger partial charge on any atom is 0.349 e. The van der Waals surface area contributed by atoms with Crippen LogP contribution in [0.25, 0.3) is 16.0 Å². The molecular weight excluding hydrogens is 288 g/mol. The number of benzene rings is 1. The van der Waals surface area contributed by atoms with Crippen molar-refractivity contribution in [3.8, 4) is 23.1 Å². The smallest absolute Gasteiger partial charge is 0.349 e. The molecule has 3 aromatic rings. The first-order valence-corrected chi connectivity index (χ1v) is 6.88. The van der Waals surface area contributed by atoms with E-state index in [4.69, 9.17) is 11.2 Å². The molecule has 104 valence electrons. The van der Waals surface area contributed by atoms with Crippen LogP contribution in [-0.4, -0.2) is 27.2 Å². The Morgan fingerprint density at radius 1 is 1.48 bits per heavy atom. The number of ether oxygens (including phenoxy) is 1. The summed E-state index contributed by atoms with van der Waals surface area (Å²) in [5.41, 5.74) is 1.74. The third-order valence-electron chi connectivity index (χ3n) is 2.88. The monoisotopic (exact) mass is 298 g/mol. The first kappa shape index (κ1) is 13.2. The number of fused-ring (bicyclic) bond motifs is 1. The molecule has 2 heterocycles. The third-order valence-corrected chi connectivity index (χ3v) is 3.98. The van der Waals surface area contributed by atoms with Gasteiger partial charge in [-0.05, 0) is 12.1 Å². The molecule has 0 unspecified atom stereocenters. The van der Waals surface area contributed by atoms with Crippen molar-refractivity contribution in [3.05, 3.63) is 41.5 Å². The molecule has 21 heavy (non-hydrogen) atoms. The maximum atomic E-state index is 11.3. The summed E-state index contributed by atoms with van der Waals surface area (Å²) in [6.07, 6.45) is 6.80. The van der Waals surface area contributed by atoms with Gasteiger partial charge in [-0.2, -0.15) is 0 Å². The highest BCUT2D eigenvalue weighted by Crippen LogP contribution is 2.33. The van der Waals surface area contributed by atoms with Crippen LogP contribution in [0, 0.1) is 12.3 Å². The molecule has 0 radical (unpaired) electrons. The van der Waals surface area contributed by atoms with Gasteiger partial charge in [0, 0.05) is 6.07 Å². The second kappa shape index (κ2) is 5.31. The minimum absolute atomic E-state index is 0.0289. The molecule has 2 aromatic heterocycles. The van der Waals surface area contributed by atoms with Gasteiger partial charge in [0.05, 0.1) is 11.0 Å². The van der Waals surface area contributed by atoms with E-state index < -0.39 is 5.97 Å². The van der Waals surface area contributed by atoms with Gasteiger partial charge in [-0.15, -0.1) is 17.8 Å². The number of aromatic carboxylic acids is 1. The summed E-state index contributed by atoms with van der Waals surface area (Å²) < 4.78 is 7.13. The Morgan fingerprint density at radius 3 is 3.05 bits per heavy atom. The predicted molar refractivity (Wildman–Crippen MR) is 80.2 cm³/mol. The zero-order valence-corrected chi connectivity index (χ0v) is 11.6. The number of thiophene rings is 1. The molecule has 5 nitrogen and oxygen atoms in total. The van der Waals surface area contributed by atoms with E-state index in [1.54, 1.807) is 12.4 Å². The Kier molecular flexibility index (Phi) is 3.34. The molecule has 0 aliphatic carbocycles. The number of terminal acetylenes is 1. The first-order valence-electron chi connectivity index (χ1n) is 6.06. The van der Waals surface area contributed by atoms with Gasteiger partial charge in [-0.3, -0.25) is 4.57 Å². The van der Waals surface area contributed by atoms with Crippen LogP contribution in [-0.2, 0) is 0 Å². The van der Waals surface area contributed by atoms with Gasteiger partial charge in [0.1, 0.15) is 23.7 Å². The van der Waals surface area contributed by atoms with Gasteiger partial charge in [-0.25, -0.2) is 9.78 Å². The van der Waals surface area contributed by atoms with Gasteiger partial charge in [-0.1, -0.05) is 18.1 Å². The van der Waals surface area contributed by atoms with Crippen LogP contribution in [0.5, 0.6) is 5.75 Å². The lowest BCUT2D eigenvalue weighted by Crippen LogP contribution is -1.99. The van der Waals surface area contributed by atoms with Crippen LogP contribution in [0.1, 0.15) is 9.67 Å². The second-order valence-electron chi connectivity index (χ2n) is 4.18. The summed E-state index contributed by atoms with van der Waals surface area (Å²) in [4.78, 5) is 15.7. The SMILES string of the molecule is C#CCOc1cc(-n2cnc3ccccc32)sc1C(=O)O. The molecule has 1 aromatic carbocycles. The van der Waals surface area contributed by atoms with Crippen molar-refractivity contribution < 1.29 is 14.6 Å². The van der Waals surface area contributed by atoms with Crippen molar-refractivity contribution in [1.82, 2.24) is 9.55 Å². The van der Waals surface area contributed by atoms with Gasteiger partial charge in [0.25, 0.3) is 0 Å². The number of aromatic nitrogens is 2. The Hall–Kier alpha value is -2.78. The van der Waals surface area contributed by atoms with Crippen molar-refractivity contribution in [2.75, 3.05) is 6.61 Å². The number of hydrogen-bond donors (Lipinski definition) is 1. The highest BCUT2D eigenvalue weighted by molar-refractivity contribution is 7.16. The number of rotatable bonds is 4. The molecule has 0 spiro atoms. The lowest BCUT2D eigenvalue weighted by Gasteiger charge is -1.99. The number of carboxylic acid groups (broad SMARTS) is 1. The van der Waals surface area contributed by atoms with Crippen LogP contribution in [0.3, 0.4) is 0 Å². The summed E-state index contributed by atoms with van der Waals surface area (Å²) >= 11 is 1.12. The number of nitrogens with zero attached hydrogens (tertiary/aromatic N) is 2. The molecule has 0 bridgehead atoms. The average molecular weight is 298 g/mol. The molecule has 0 fully saturated rings. The largest absolute Gasteiger partial charge is 0.479 e. The van der Waals surface area contributed by atoms with E-state index in [0.717, 1.165) is 22.4 Å². The zero-order valence-electron chi connectivity index (χ0n) is 10.8. The summed E-state index contributed by atoms with van der Waals surface area (Å²) in [5.74, 6) is 1.56. The molecule has 0 aliphatic rings. The van der Waals surface area contributed by atoms with Gasteiger partial charge < -0.3 is 9.84 Å². The molecular formula is C15H10N2O3S. The van der Waals surface area contributed by atoms with E-state index in [9.17, 15) is 9.90 Å². The molecule has 0 saturated heterocycles. The Balaban J connectivity index is 2.10. The average Bonchev–Trinajstić information content (AvgIpc) is 3.08. The second-order valence-corrected chi connectivity index (χ2v) is 5.21. The summed E-state index contributed by atoms with van der Waals surface area (Å²) in [5, 5.41) is 9.96. The molecule has 3 rings (SSSR count). The summed E-state index contributed by atoms with van der Waals surface area (Å²) in [7, 11) is 0. The van der Waals surface area contributed by atoms with Gasteiger partial charge >= 0.3 is 5.97 Å². The fraction of sp³-hybridized carbons (Fsp3) is 0.0667. The van der Waals surface area contributed by atoms with Crippen molar-refractivity contribution in [2.24, 2.45) is 0 Å². The summed E-state index contributed by atoms with van der Waals surface area (Å²) in [6.45, 7) is 0.0289. The van der Waals surface area contributed by atoms with E-state index >= 15 is 0 Å². The van der Waals surface area contributed by atoms with E-state index in [1.807, 2.05) is 28.8 Å². The number of hydrogen-bond acceptors (Lipinski definition) is 4. The van der Waals surface area contributed by atoms with E-state index in [0.29, 0.717) is 5.00 Å². The van der Waals surface area contributed by atoms with Crippen molar-refractivity contribution >= 4 is 28.3 Å². The van der Waals surface area contributed by atoms with Crippen molar-refractivity contribution in [3.63, 3.8) is 0 Å². The highest BCUT2D eigenvalue weighted by atomic mass is 32.1. The molecule has 1 N–H and O–H groups in total. The van der Waals surface area contributed by atoms with E-state index in [2.05, 4.69) is 10.9 Å². The Bertz CT molecular complexity index is 857. The summed E-state index contributed by atoms with van der Waals surface area (Å²) in [6, 6.07) is 9.29. The number of imidazole rings is 1. The lowest BCUT2D eigenvalue weighted by molar-refractivity contribution is 0.0698. The van der Waals surface area contributed by atoms with Gasteiger partial charge in [0.15, 0.2) is 4.88 Å². The maximum absolute atomic E-state index is 11.3. The van der Waals surface area contributed by atoms with Crippen molar-refractivity contribution in [1.29, 1.82) is 0 Å². The van der Waals surface area contributed by atoms with Crippen LogP contribution in [0.15, 0.2) is 36.7 Å². The van der Waals surface area contributed by atoms with E-state index in [-0.39, 0.29) is 17.2 Å². The Morgan fingerprint density at radius 2 is 2.29 bits per heavy atom. The topological polar surface area (TPSA) is 64.4 Å². The van der Waals surface area contributed by atoms with E-state index in [1.165, 1.54) is 0 Å². The standard InChI is InChI=1S/C15H10N2O3S/c1-2-7-20-12-8-13(21-14(12)15(18)19)17-9-16-10-5-3-4-6-11(10)17/h1,3-6,8-9H,7H2,(H,18,19). The number of carbonyl (C=O) groups is 1. The highest BCUT2D eigenvalue weighted by Gasteiger charge is 2.18. The molecule has 0 amide bonds. The minimum Gasteiger partial charge on any atom is -0.479 e. The quantitative estimate of drug-likeness (QED) is 0.752. The van der Waals surface area contributed by atoms with Gasteiger partial charge in [0.2, 0.25) is 0 Å². The molecule has 0 atom stereocenters. The van der Waals surface area contributed by atoms with Crippen LogP contribution >= 0.6 is 11.3 Å². The van der Waals surface area contributed by atoms with Crippen LogP contribution < -0.4 is 4.74 Å². The zero-order chi connectivity index (χ0) is 14.8. The fourth-order valence-electron chi connectivity index (χ4n) is 1.99.